The molecule has 1 unspecified atom stereocenters. The minimum absolute atomic E-state index is 0.0116. The van der Waals surface area contributed by atoms with Crippen molar-refractivity contribution in [1.82, 2.24) is 0 Å². The minimum atomic E-state index is -1.23. The second-order valence-corrected chi connectivity index (χ2v) is 9.01. The fourth-order valence-electron chi connectivity index (χ4n) is 0.250. The van der Waals surface area contributed by atoms with E-state index in [1.54, 1.807) is 0 Å². The lowest BCUT2D eigenvalue weighted by Crippen LogP contribution is -2.32. The Bertz CT molecular complexity index is 107. The number of hydrogen-bond acceptors (Lipinski definition) is 0. The van der Waals surface area contributed by atoms with Crippen LogP contribution in [0.5, 0.6) is 0 Å². The van der Waals surface area contributed by atoms with E-state index in [-0.39, 0.29) is 5.00 Å². The molecule has 0 rings (SSSR count). The van der Waals surface area contributed by atoms with Gasteiger partial charge in [-0.1, -0.05) is 25.6 Å². The minimum Gasteiger partial charge on any atom is -0.119 e. The summed E-state index contributed by atoms with van der Waals surface area (Å²) in [5.41, 5.74) is 0. The first kappa shape index (κ1) is 8.07. The quantitative estimate of drug-likeness (QED) is 0.302. The van der Waals surface area contributed by atoms with Gasteiger partial charge in [-0.3, -0.25) is 0 Å². The normalized spacial score (nSPS) is 14.9. The van der Waals surface area contributed by atoms with Gasteiger partial charge in [0.05, 0.1) is 13.1 Å². The van der Waals surface area contributed by atoms with E-state index in [9.17, 15) is 0 Å². The Morgan fingerprint density at radius 2 is 1.88 bits per heavy atom. The molecule has 46 valence electrons. The fraction of sp³-hybridized carbons (Fsp3) is 0.667. The lowest BCUT2D eigenvalue weighted by molar-refractivity contribution is 1.49. The monoisotopic (exact) mass is 146 g/mol. The van der Waals surface area contributed by atoms with Crippen molar-refractivity contribution in [3.05, 3.63) is 0 Å². The summed E-state index contributed by atoms with van der Waals surface area (Å²) in [7, 11) is -1.23. The highest BCUT2D eigenvalue weighted by atomic mass is 35.5. The molecule has 0 aliphatic rings. The van der Waals surface area contributed by atoms with Crippen molar-refractivity contribution in [2.45, 2.75) is 24.6 Å². The van der Waals surface area contributed by atoms with Gasteiger partial charge in [-0.25, -0.2) is 0 Å². The third-order valence-corrected chi connectivity index (χ3v) is 4.68. The fourth-order valence-corrected chi connectivity index (χ4v) is 0.750. The average Bonchev–Trinajstić information content (AvgIpc) is 1.62. The molecular formula is C6H11ClSi. The maximum atomic E-state index is 5.77. The SMILES string of the molecule is C#CC(Cl)[Si](C)(C)C. The van der Waals surface area contributed by atoms with Crippen LogP contribution in [0.25, 0.3) is 0 Å². The summed E-state index contributed by atoms with van der Waals surface area (Å²) in [5.74, 6) is 2.53. The molecule has 0 amide bonds. The zero-order valence-corrected chi connectivity index (χ0v) is 7.29. The van der Waals surface area contributed by atoms with Crippen LogP contribution in [0.15, 0.2) is 0 Å². The van der Waals surface area contributed by atoms with E-state index < -0.39 is 8.07 Å². The van der Waals surface area contributed by atoms with E-state index in [1.165, 1.54) is 0 Å². The van der Waals surface area contributed by atoms with Crippen molar-refractivity contribution < 1.29 is 0 Å². The predicted molar refractivity (Wildman–Crippen MR) is 41.8 cm³/mol. The molecule has 8 heavy (non-hydrogen) atoms. The van der Waals surface area contributed by atoms with Gasteiger partial charge >= 0.3 is 0 Å². The van der Waals surface area contributed by atoms with Crippen LogP contribution < -0.4 is 0 Å². The summed E-state index contributed by atoms with van der Waals surface area (Å²) in [6, 6.07) is 0. The number of terminal acetylenes is 1. The summed E-state index contributed by atoms with van der Waals surface area (Å²) < 4.78 is 0. The number of hydrogen-bond donors (Lipinski definition) is 0. The van der Waals surface area contributed by atoms with Crippen molar-refractivity contribution in [1.29, 1.82) is 0 Å². The molecule has 0 saturated heterocycles. The standard InChI is InChI=1S/C6H11ClSi/c1-5-6(7)8(2,3)4/h1,6H,2-4H3. The molecule has 0 fully saturated rings. The molecule has 0 radical (unpaired) electrons. The topological polar surface area (TPSA) is 0 Å². The molecule has 1 atom stereocenters. The Labute approximate surface area is 57.2 Å². The van der Waals surface area contributed by atoms with E-state index in [2.05, 4.69) is 25.6 Å². The predicted octanol–water partition coefficient (Wildman–Crippen LogP) is 2.10. The van der Waals surface area contributed by atoms with Gasteiger partial charge in [-0.05, 0) is 0 Å². The van der Waals surface area contributed by atoms with Gasteiger partial charge < -0.3 is 0 Å². The smallest absolute Gasteiger partial charge is 0.0842 e. The molecule has 0 saturated carbocycles. The van der Waals surface area contributed by atoms with E-state index in [0.29, 0.717) is 0 Å². The van der Waals surface area contributed by atoms with Crippen LogP contribution in [0.2, 0.25) is 19.6 Å². The Balaban J connectivity index is 3.87. The second-order valence-electron chi connectivity index (χ2n) is 2.90. The molecule has 0 aromatic rings. The zero-order chi connectivity index (χ0) is 6.78. The highest BCUT2D eigenvalue weighted by Gasteiger charge is 2.21. The number of rotatable bonds is 1. The molecule has 0 nitrogen and oxygen atoms in total. The summed E-state index contributed by atoms with van der Waals surface area (Å²) in [6.45, 7) is 6.47. The molecular weight excluding hydrogens is 136 g/mol. The summed E-state index contributed by atoms with van der Waals surface area (Å²) in [5, 5.41) is -0.0116. The second kappa shape index (κ2) is 2.57. The van der Waals surface area contributed by atoms with Gasteiger partial charge in [0.1, 0.15) is 0 Å². The zero-order valence-electron chi connectivity index (χ0n) is 5.53. The molecule has 0 aliphatic carbocycles. The van der Waals surface area contributed by atoms with E-state index >= 15 is 0 Å². The Morgan fingerprint density at radius 3 is 1.88 bits per heavy atom. The maximum Gasteiger partial charge on any atom is 0.0842 e. The van der Waals surface area contributed by atoms with Crippen LogP contribution in [0.4, 0.5) is 0 Å². The molecule has 0 heterocycles. The summed E-state index contributed by atoms with van der Waals surface area (Å²) in [6.07, 6.45) is 5.11. The van der Waals surface area contributed by atoms with Gasteiger partial charge in [0, 0.05) is 0 Å². The Kier molecular flexibility index (Phi) is 2.59. The largest absolute Gasteiger partial charge is 0.119 e. The summed E-state index contributed by atoms with van der Waals surface area (Å²) >= 11 is 5.77. The number of halogens is 1. The molecule has 0 aromatic carbocycles. The molecule has 0 aliphatic heterocycles. The third kappa shape index (κ3) is 2.39. The van der Waals surface area contributed by atoms with E-state index in [1.807, 2.05) is 0 Å². The van der Waals surface area contributed by atoms with Crippen LogP contribution in [0.1, 0.15) is 0 Å². The molecule has 2 heteroatoms. The average molecular weight is 147 g/mol. The van der Waals surface area contributed by atoms with Crippen LogP contribution >= 0.6 is 11.6 Å². The van der Waals surface area contributed by atoms with Crippen molar-refractivity contribution >= 4 is 19.7 Å². The molecule has 0 spiro atoms. The van der Waals surface area contributed by atoms with Crippen LogP contribution in [0.3, 0.4) is 0 Å². The van der Waals surface area contributed by atoms with Crippen LogP contribution in [-0.2, 0) is 0 Å². The highest BCUT2D eigenvalue weighted by molar-refractivity contribution is 6.84. The van der Waals surface area contributed by atoms with Gasteiger partial charge in [0.25, 0.3) is 0 Å². The first-order chi connectivity index (χ1) is 3.48. The van der Waals surface area contributed by atoms with Crippen molar-refractivity contribution in [2.24, 2.45) is 0 Å². The first-order valence-electron chi connectivity index (χ1n) is 2.58. The van der Waals surface area contributed by atoms with Gasteiger partial charge in [-0.2, -0.15) is 0 Å². The highest BCUT2D eigenvalue weighted by Crippen LogP contribution is 2.11. The Hall–Kier alpha value is 0.0669. The van der Waals surface area contributed by atoms with Crippen molar-refractivity contribution in [3.63, 3.8) is 0 Å². The van der Waals surface area contributed by atoms with Gasteiger partial charge in [0.15, 0.2) is 0 Å². The van der Waals surface area contributed by atoms with E-state index in [4.69, 9.17) is 18.0 Å². The van der Waals surface area contributed by atoms with Crippen molar-refractivity contribution in [2.75, 3.05) is 0 Å². The lowest BCUT2D eigenvalue weighted by Gasteiger charge is -2.16. The lowest BCUT2D eigenvalue weighted by atomic mass is 10.8. The van der Waals surface area contributed by atoms with Crippen molar-refractivity contribution in [3.8, 4) is 12.3 Å². The maximum absolute atomic E-state index is 5.77. The molecule has 0 aromatic heterocycles. The third-order valence-electron chi connectivity index (χ3n) is 0.907. The number of alkyl halides is 1. The molecule has 0 N–H and O–H groups in total. The van der Waals surface area contributed by atoms with Crippen LogP contribution in [-0.4, -0.2) is 13.1 Å². The summed E-state index contributed by atoms with van der Waals surface area (Å²) in [4.78, 5) is 0. The van der Waals surface area contributed by atoms with Gasteiger partial charge in [-0.15, -0.1) is 18.0 Å². The molecule has 0 bridgehead atoms. The van der Waals surface area contributed by atoms with E-state index in [0.717, 1.165) is 0 Å². The van der Waals surface area contributed by atoms with Crippen LogP contribution in [0, 0.1) is 12.3 Å². The van der Waals surface area contributed by atoms with Gasteiger partial charge in [0.2, 0.25) is 0 Å². The Morgan fingerprint density at radius 1 is 1.50 bits per heavy atom. The first-order valence-corrected chi connectivity index (χ1v) is 6.60.